The zero-order chi connectivity index (χ0) is 22.8. The van der Waals surface area contributed by atoms with E-state index in [1.54, 1.807) is 30.3 Å². The monoisotopic (exact) mass is 455 g/mol. The van der Waals surface area contributed by atoms with Crippen LogP contribution in [-0.2, 0) is 13.1 Å². The van der Waals surface area contributed by atoms with Gasteiger partial charge in [0.2, 0.25) is 0 Å². The summed E-state index contributed by atoms with van der Waals surface area (Å²) in [5.74, 6) is 0.318. The molecule has 0 saturated carbocycles. The average molecular weight is 456 g/mol. The third kappa shape index (κ3) is 4.17. The summed E-state index contributed by atoms with van der Waals surface area (Å²) < 4.78 is 16.5. The zero-order valence-corrected chi connectivity index (χ0v) is 18.3. The van der Waals surface area contributed by atoms with Gasteiger partial charge in [0.1, 0.15) is 17.7 Å². The number of halogens is 2. The molecule has 3 aromatic carbocycles. The quantitative estimate of drug-likeness (QED) is 0.440. The van der Waals surface area contributed by atoms with Crippen molar-refractivity contribution in [2.75, 3.05) is 0 Å². The molecule has 1 aliphatic heterocycles. The van der Waals surface area contributed by atoms with E-state index >= 15 is 0 Å². The second kappa shape index (κ2) is 8.99. The van der Waals surface area contributed by atoms with Gasteiger partial charge < -0.3 is 4.57 Å². The maximum absolute atomic E-state index is 14.6. The molecule has 1 atom stereocenters. The normalized spacial score (nSPS) is 13.3. The Bertz CT molecular complexity index is 1390. The smallest absolute Gasteiger partial charge is 0.140 e. The van der Waals surface area contributed by atoms with Crippen molar-refractivity contribution >= 4 is 17.3 Å². The van der Waals surface area contributed by atoms with E-state index in [1.807, 2.05) is 47.2 Å². The van der Waals surface area contributed by atoms with Crippen LogP contribution in [0.2, 0.25) is 5.02 Å². The first kappa shape index (κ1) is 21.1. The number of nitriles is 1. The van der Waals surface area contributed by atoms with Gasteiger partial charge in [0.25, 0.3) is 0 Å². The van der Waals surface area contributed by atoms with Gasteiger partial charge in [-0.2, -0.15) is 5.26 Å². The molecule has 7 heteroatoms. The lowest BCUT2D eigenvalue weighted by atomic mass is 10.00. The van der Waals surface area contributed by atoms with Crippen LogP contribution in [0, 0.1) is 17.1 Å². The van der Waals surface area contributed by atoms with E-state index in [-0.39, 0.29) is 12.4 Å². The Kier molecular flexibility index (Phi) is 5.74. The molecule has 0 radical (unpaired) electrons. The summed E-state index contributed by atoms with van der Waals surface area (Å²) in [6.07, 6.45) is 1.84. The van der Waals surface area contributed by atoms with E-state index in [9.17, 15) is 9.65 Å². The first-order chi connectivity index (χ1) is 16.1. The fourth-order valence-corrected chi connectivity index (χ4v) is 4.13. The number of benzene rings is 3. The predicted molar refractivity (Wildman–Crippen MR) is 126 cm³/mol. The van der Waals surface area contributed by atoms with Crippen LogP contribution in [0.1, 0.15) is 34.3 Å². The van der Waals surface area contributed by atoms with Gasteiger partial charge in [-0.25, -0.2) is 9.37 Å². The van der Waals surface area contributed by atoms with Gasteiger partial charge in [0, 0.05) is 28.9 Å². The number of rotatable bonds is 5. The lowest BCUT2D eigenvalue weighted by molar-refractivity contribution is 0.618. The van der Waals surface area contributed by atoms with Crippen LogP contribution in [0.4, 0.5) is 4.39 Å². The standard InChI is InChI=1S/C26H19ClFN5/c27-18-10-11-24-20(12-18)26(19-8-4-5-9-21(19)28)31-15-25-32-23(16-33(24)25)22(13-29)30-14-17-6-2-1-3-7-17/h1-12,16,22,30H,14-15H2. The van der Waals surface area contributed by atoms with Crippen molar-refractivity contribution in [1.29, 1.82) is 5.26 Å². The topological polar surface area (TPSA) is 66.0 Å². The van der Waals surface area contributed by atoms with E-state index in [0.717, 1.165) is 11.3 Å². The molecule has 1 aliphatic rings. The summed E-state index contributed by atoms with van der Waals surface area (Å²) in [4.78, 5) is 9.41. The van der Waals surface area contributed by atoms with E-state index in [2.05, 4.69) is 11.4 Å². The minimum absolute atomic E-state index is 0.243. The van der Waals surface area contributed by atoms with Crippen LogP contribution >= 0.6 is 11.6 Å². The van der Waals surface area contributed by atoms with Crippen molar-refractivity contribution in [3.05, 3.63) is 118 Å². The lowest BCUT2D eigenvalue weighted by Gasteiger charge is -2.13. The molecule has 4 aromatic rings. The van der Waals surface area contributed by atoms with Crippen LogP contribution in [0.15, 0.2) is 84.0 Å². The van der Waals surface area contributed by atoms with Crippen molar-refractivity contribution in [1.82, 2.24) is 14.9 Å². The first-order valence-corrected chi connectivity index (χ1v) is 10.9. The van der Waals surface area contributed by atoms with Gasteiger partial charge in [-0.3, -0.25) is 10.3 Å². The highest BCUT2D eigenvalue weighted by Gasteiger charge is 2.24. The summed E-state index contributed by atoms with van der Waals surface area (Å²) in [5.41, 5.74) is 4.11. The number of nitrogens with zero attached hydrogens (tertiary/aromatic N) is 4. The minimum atomic E-state index is -0.588. The second-order valence-electron chi connectivity index (χ2n) is 7.69. The lowest BCUT2D eigenvalue weighted by Crippen LogP contribution is -2.19. The molecule has 5 nitrogen and oxygen atoms in total. The molecule has 2 heterocycles. The molecule has 0 saturated heterocycles. The van der Waals surface area contributed by atoms with Gasteiger partial charge in [0.05, 0.1) is 29.7 Å². The minimum Gasteiger partial charge on any atom is -0.301 e. The molecule has 5 rings (SSSR count). The SMILES string of the molecule is N#CC(NCc1ccccc1)c1cn2c(n1)CN=C(c1ccccc1F)c1cc(Cl)ccc1-2. The van der Waals surface area contributed by atoms with Gasteiger partial charge in [0.15, 0.2) is 0 Å². The number of nitrogens with one attached hydrogen (secondary N) is 1. The van der Waals surface area contributed by atoms with Crippen molar-refractivity contribution in [2.45, 2.75) is 19.1 Å². The average Bonchev–Trinajstić information content (AvgIpc) is 3.19. The van der Waals surface area contributed by atoms with Crippen LogP contribution in [0.3, 0.4) is 0 Å². The Labute approximate surface area is 195 Å². The fraction of sp³-hybridized carbons (Fsp3) is 0.115. The van der Waals surface area contributed by atoms with Crippen LogP contribution in [0.25, 0.3) is 5.69 Å². The van der Waals surface area contributed by atoms with Crippen molar-refractivity contribution in [3.8, 4) is 11.8 Å². The number of aromatic nitrogens is 2. The van der Waals surface area contributed by atoms with Gasteiger partial charge in [-0.05, 0) is 35.9 Å². The Balaban J connectivity index is 1.53. The van der Waals surface area contributed by atoms with E-state index < -0.39 is 6.04 Å². The van der Waals surface area contributed by atoms with Gasteiger partial charge in [-0.15, -0.1) is 0 Å². The molecular formula is C26H19ClFN5. The maximum atomic E-state index is 14.6. The van der Waals surface area contributed by atoms with E-state index in [0.29, 0.717) is 39.9 Å². The number of fused-ring (bicyclic) bond motifs is 3. The van der Waals surface area contributed by atoms with Crippen LogP contribution in [0.5, 0.6) is 0 Å². The Morgan fingerprint density at radius 2 is 1.85 bits per heavy atom. The van der Waals surface area contributed by atoms with Crippen LogP contribution in [-0.4, -0.2) is 15.3 Å². The highest BCUT2D eigenvalue weighted by molar-refractivity contribution is 6.31. The molecule has 0 amide bonds. The third-order valence-electron chi connectivity index (χ3n) is 5.56. The highest BCUT2D eigenvalue weighted by atomic mass is 35.5. The number of imidazole rings is 1. The summed E-state index contributed by atoms with van der Waals surface area (Å²) in [7, 11) is 0. The number of aliphatic imine (C=N–C) groups is 1. The highest BCUT2D eigenvalue weighted by Crippen LogP contribution is 2.29. The molecule has 0 aliphatic carbocycles. The van der Waals surface area contributed by atoms with Gasteiger partial charge in [-0.1, -0.05) is 54.1 Å². The second-order valence-corrected chi connectivity index (χ2v) is 8.12. The van der Waals surface area contributed by atoms with Crippen molar-refractivity contribution in [3.63, 3.8) is 0 Å². The van der Waals surface area contributed by atoms with Crippen molar-refractivity contribution < 1.29 is 4.39 Å². The molecule has 33 heavy (non-hydrogen) atoms. The largest absolute Gasteiger partial charge is 0.301 e. The predicted octanol–water partition coefficient (Wildman–Crippen LogP) is 5.37. The van der Waals surface area contributed by atoms with E-state index in [4.69, 9.17) is 21.6 Å². The molecule has 1 unspecified atom stereocenters. The molecule has 0 bridgehead atoms. The van der Waals surface area contributed by atoms with Crippen LogP contribution < -0.4 is 5.32 Å². The van der Waals surface area contributed by atoms with E-state index in [1.165, 1.54) is 6.07 Å². The Morgan fingerprint density at radius 3 is 2.64 bits per heavy atom. The molecule has 0 fully saturated rings. The summed E-state index contributed by atoms with van der Waals surface area (Å²) in [6.45, 7) is 0.788. The molecule has 1 aromatic heterocycles. The number of hydrogen-bond donors (Lipinski definition) is 1. The Morgan fingerprint density at radius 1 is 1.06 bits per heavy atom. The molecule has 162 valence electrons. The summed E-state index contributed by atoms with van der Waals surface area (Å²) >= 11 is 6.30. The first-order valence-electron chi connectivity index (χ1n) is 10.5. The van der Waals surface area contributed by atoms with Gasteiger partial charge >= 0.3 is 0 Å². The maximum Gasteiger partial charge on any atom is 0.140 e. The Hall–Kier alpha value is -3.79. The third-order valence-corrected chi connectivity index (χ3v) is 5.79. The summed E-state index contributed by atoms with van der Waals surface area (Å²) in [6, 6.07) is 23.6. The number of hydrogen-bond acceptors (Lipinski definition) is 4. The molecule has 0 spiro atoms. The zero-order valence-electron chi connectivity index (χ0n) is 17.5. The molecular weight excluding hydrogens is 437 g/mol. The molecule has 1 N–H and O–H groups in total. The van der Waals surface area contributed by atoms with Crippen molar-refractivity contribution in [2.24, 2.45) is 4.99 Å². The summed E-state index contributed by atoms with van der Waals surface area (Å²) in [5, 5.41) is 13.6. The fourth-order valence-electron chi connectivity index (χ4n) is 3.96.